The minimum atomic E-state index is -0.434. The molecule has 1 unspecified atom stereocenters. The fourth-order valence-electron chi connectivity index (χ4n) is 0.922. The van der Waals surface area contributed by atoms with Crippen LogP contribution >= 0.6 is 0 Å². The summed E-state index contributed by atoms with van der Waals surface area (Å²) in [6.45, 7) is 0.846. The van der Waals surface area contributed by atoms with Gasteiger partial charge in [-0.15, -0.1) is 0 Å². The molecule has 2 N–H and O–H groups in total. The summed E-state index contributed by atoms with van der Waals surface area (Å²) in [5.74, 6) is -0.324. The van der Waals surface area contributed by atoms with Crippen LogP contribution in [-0.4, -0.2) is 36.9 Å². The number of carbonyl (C=O) groups excluding carboxylic acids is 1. The Labute approximate surface area is 59.2 Å². The van der Waals surface area contributed by atoms with E-state index in [9.17, 15) is 4.79 Å². The molecule has 1 amide bonds. The predicted molar refractivity (Wildman–Crippen MR) is 34.5 cm³/mol. The maximum atomic E-state index is 10.6. The van der Waals surface area contributed by atoms with Gasteiger partial charge >= 0.3 is 0 Å². The molecule has 0 aliphatic carbocycles. The van der Waals surface area contributed by atoms with Gasteiger partial charge in [0.2, 0.25) is 5.91 Å². The van der Waals surface area contributed by atoms with E-state index in [1.54, 1.807) is 0 Å². The normalized spacial score (nSPS) is 24.7. The van der Waals surface area contributed by atoms with Crippen LogP contribution < -0.4 is 5.32 Å². The molecule has 1 saturated heterocycles. The average molecular weight is 145 g/mol. The lowest BCUT2D eigenvalue weighted by molar-refractivity contribution is -0.124. The summed E-state index contributed by atoms with van der Waals surface area (Å²) < 4.78 is 5.01. The Morgan fingerprint density at radius 3 is 3.10 bits per heavy atom. The Morgan fingerprint density at radius 2 is 2.60 bits per heavy atom. The fourth-order valence-corrected chi connectivity index (χ4v) is 0.922. The van der Waals surface area contributed by atoms with Crippen LogP contribution in [0.4, 0.5) is 0 Å². The predicted octanol–water partition coefficient (Wildman–Crippen LogP) is -1.12. The molecule has 0 aromatic carbocycles. The van der Waals surface area contributed by atoms with Gasteiger partial charge < -0.3 is 15.2 Å². The lowest BCUT2D eigenvalue weighted by Gasteiger charge is -2.07. The van der Waals surface area contributed by atoms with Crippen LogP contribution in [0.1, 0.15) is 6.42 Å². The number of rotatable bonds is 2. The van der Waals surface area contributed by atoms with Gasteiger partial charge in [-0.05, 0) is 6.42 Å². The Morgan fingerprint density at radius 1 is 1.80 bits per heavy atom. The molecular weight excluding hydrogens is 134 g/mol. The van der Waals surface area contributed by atoms with Crippen LogP contribution in [-0.2, 0) is 9.53 Å². The molecule has 1 fully saturated rings. The van der Waals surface area contributed by atoms with Crippen molar-refractivity contribution in [2.75, 3.05) is 19.8 Å². The minimum absolute atomic E-state index is 0.111. The third-order valence-corrected chi connectivity index (χ3v) is 1.44. The Balaban J connectivity index is 2.17. The van der Waals surface area contributed by atoms with E-state index >= 15 is 0 Å². The van der Waals surface area contributed by atoms with E-state index in [0.29, 0.717) is 13.2 Å². The van der Waals surface area contributed by atoms with E-state index in [4.69, 9.17) is 9.84 Å². The first-order valence-corrected chi connectivity index (χ1v) is 3.31. The molecule has 1 aliphatic rings. The highest BCUT2D eigenvalue weighted by atomic mass is 16.5. The van der Waals surface area contributed by atoms with Gasteiger partial charge in [0.1, 0.15) is 6.61 Å². The molecule has 1 atom stereocenters. The molecule has 0 aromatic heterocycles. The number of carbonyl (C=O) groups is 1. The second-order valence-electron chi connectivity index (χ2n) is 2.29. The number of hydrogen-bond donors (Lipinski definition) is 2. The SMILES string of the molecule is O=C(CO)NC1CCOC1. The topological polar surface area (TPSA) is 58.6 Å². The first-order chi connectivity index (χ1) is 4.83. The first-order valence-electron chi connectivity index (χ1n) is 3.31. The van der Waals surface area contributed by atoms with Crippen molar-refractivity contribution in [3.63, 3.8) is 0 Å². The monoisotopic (exact) mass is 145 g/mol. The summed E-state index contributed by atoms with van der Waals surface area (Å²) >= 11 is 0. The van der Waals surface area contributed by atoms with Crippen LogP contribution in [0.2, 0.25) is 0 Å². The zero-order valence-electron chi connectivity index (χ0n) is 5.67. The summed E-state index contributed by atoms with van der Waals surface area (Å²) in [5.41, 5.74) is 0. The standard InChI is InChI=1S/C6H11NO3/c8-3-6(9)7-5-1-2-10-4-5/h5,8H,1-4H2,(H,7,9). The van der Waals surface area contributed by atoms with Gasteiger partial charge in [-0.25, -0.2) is 0 Å². The molecule has 0 spiro atoms. The second-order valence-corrected chi connectivity index (χ2v) is 2.29. The van der Waals surface area contributed by atoms with Crippen LogP contribution in [0.15, 0.2) is 0 Å². The van der Waals surface area contributed by atoms with E-state index < -0.39 is 6.61 Å². The third kappa shape index (κ3) is 1.97. The smallest absolute Gasteiger partial charge is 0.246 e. The summed E-state index contributed by atoms with van der Waals surface area (Å²) in [6, 6.07) is 0.111. The molecular formula is C6H11NO3. The summed E-state index contributed by atoms with van der Waals surface area (Å²) in [6.07, 6.45) is 0.853. The largest absolute Gasteiger partial charge is 0.387 e. The molecule has 4 heteroatoms. The molecule has 10 heavy (non-hydrogen) atoms. The number of nitrogens with one attached hydrogen (secondary N) is 1. The van der Waals surface area contributed by atoms with E-state index in [0.717, 1.165) is 6.42 Å². The zero-order valence-corrected chi connectivity index (χ0v) is 5.67. The van der Waals surface area contributed by atoms with Crippen molar-refractivity contribution in [3.8, 4) is 0 Å². The van der Waals surface area contributed by atoms with E-state index in [1.807, 2.05) is 0 Å². The number of aliphatic hydroxyl groups is 1. The Hall–Kier alpha value is -0.610. The van der Waals surface area contributed by atoms with E-state index in [-0.39, 0.29) is 11.9 Å². The number of aliphatic hydroxyl groups excluding tert-OH is 1. The molecule has 1 aliphatic heterocycles. The first kappa shape index (κ1) is 7.50. The van der Waals surface area contributed by atoms with Crippen molar-refractivity contribution in [3.05, 3.63) is 0 Å². The molecule has 0 radical (unpaired) electrons. The van der Waals surface area contributed by atoms with Crippen LogP contribution in [0.5, 0.6) is 0 Å². The van der Waals surface area contributed by atoms with Gasteiger partial charge in [0.25, 0.3) is 0 Å². The van der Waals surface area contributed by atoms with Crippen LogP contribution in [0.25, 0.3) is 0 Å². The van der Waals surface area contributed by atoms with Gasteiger partial charge in [0.05, 0.1) is 12.6 Å². The highest BCUT2D eigenvalue weighted by Gasteiger charge is 2.16. The van der Waals surface area contributed by atoms with Crippen molar-refractivity contribution in [2.24, 2.45) is 0 Å². The summed E-state index contributed by atoms with van der Waals surface area (Å²) in [5, 5.41) is 11.0. The van der Waals surface area contributed by atoms with Crippen molar-refractivity contribution in [1.82, 2.24) is 5.32 Å². The molecule has 58 valence electrons. The van der Waals surface area contributed by atoms with E-state index in [1.165, 1.54) is 0 Å². The molecule has 4 nitrogen and oxygen atoms in total. The van der Waals surface area contributed by atoms with Gasteiger partial charge in [-0.3, -0.25) is 4.79 Å². The number of ether oxygens (including phenoxy) is 1. The summed E-state index contributed by atoms with van der Waals surface area (Å²) in [7, 11) is 0. The lowest BCUT2D eigenvalue weighted by Crippen LogP contribution is -2.36. The molecule has 1 rings (SSSR count). The number of hydrogen-bond acceptors (Lipinski definition) is 3. The maximum Gasteiger partial charge on any atom is 0.246 e. The average Bonchev–Trinajstić information content (AvgIpc) is 2.40. The highest BCUT2D eigenvalue weighted by Crippen LogP contribution is 2.02. The number of amides is 1. The maximum absolute atomic E-state index is 10.6. The fraction of sp³-hybridized carbons (Fsp3) is 0.833. The van der Waals surface area contributed by atoms with Crippen LogP contribution in [0, 0.1) is 0 Å². The van der Waals surface area contributed by atoms with Crippen molar-refractivity contribution >= 4 is 5.91 Å². The van der Waals surface area contributed by atoms with Crippen molar-refractivity contribution < 1.29 is 14.6 Å². The second kappa shape index (κ2) is 3.53. The minimum Gasteiger partial charge on any atom is -0.387 e. The molecule has 0 bridgehead atoms. The van der Waals surface area contributed by atoms with Gasteiger partial charge in [-0.2, -0.15) is 0 Å². The summed E-state index contributed by atoms with van der Waals surface area (Å²) in [4.78, 5) is 10.6. The van der Waals surface area contributed by atoms with E-state index in [2.05, 4.69) is 5.32 Å². The van der Waals surface area contributed by atoms with Gasteiger partial charge in [0.15, 0.2) is 0 Å². The van der Waals surface area contributed by atoms with Gasteiger partial charge in [-0.1, -0.05) is 0 Å². The Kier molecular flexibility index (Phi) is 2.65. The lowest BCUT2D eigenvalue weighted by atomic mass is 10.2. The van der Waals surface area contributed by atoms with Crippen LogP contribution in [0.3, 0.4) is 0 Å². The van der Waals surface area contributed by atoms with Crippen molar-refractivity contribution in [2.45, 2.75) is 12.5 Å². The molecule has 0 saturated carbocycles. The van der Waals surface area contributed by atoms with Crippen molar-refractivity contribution in [1.29, 1.82) is 0 Å². The zero-order chi connectivity index (χ0) is 7.40. The van der Waals surface area contributed by atoms with Gasteiger partial charge in [0, 0.05) is 6.61 Å². The molecule has 1 heterocycles. The highest BCUT2D eigenvalue weighted by molar-refractivity contribution is 5.77. The molecule has 0 aromatic rings. The quantitative estimate of drug-likeness (QED) is 0.517. The third-order valence-electron chi connectivity index (χ3n) is 1.44. The Bertz CT molecular complexity index is 120.